The fourth-order valence-electron chi connectivity index (χ4n) is 3.85. The first-order valence-electron chi connectivity index (χ1n) is 9.52. The second-order valence-electron chi connectivity index (χ2n) is 6.98. The van der Waals surface area contributed by atoms with Crippen LogP contribution in [0.15, 0.2) is 71.4 Å². The Balaban J connectivity index is 1.57. The SMILES string of the molecule is COC(=O)c1ccc(C2Oc3c(OC)cccc3C3C=C(c4ccco4)NN32)cc1. The fourth-order valence-corrected chi connectivity index (χ4v) is 3.85. The van der Waals surface area contributed by atoms with Crippen LogP contribution in [-0.4, -0.2) is 25.2 Å². The van der Waals surface area contributed by atoms with Crippen molar-refractivity contribution in [2.24, 2.45) is 0 Å². The van der Waals surface area contributed by atoms with Gasteiger partial charge in [-0.1, -0.05) is 24.3 Å². The zero-order chi connectivity index (χ0) is 20.7. The summed E-state index contributed by atoms with van der Waals surface area (Å²) in [5.41, 5.74) is 6.63. The molecule has 1 aromatic heterocycles. The summed E-state index contributed by atoms with van der Waals surface area (Å²) in [6.07, 6.45) is 3.30. The van der Waals surface area contributed by atoms with E-state index in [1.54, 1.807) is 25.5 Å². The number of hydrogen-bond donors (Lipinski definition) is 1. The molecule has 0 saturated carbocycles. The molecule has 3 heterocycles. The average Bonchev–Trinajstić information content (AvgIpc) is 3.47. The van der Waals surface area contributed by atoms with E-state index in [9.17, 15) is 4.79 Å². The fraction of sp³-hybridized carbons (Fsp3) is 0.174. The number of nitrogens with one attached hydrogen (secondary N) is 1. The molecule has 0 radical (unpaired) electrons. The maximum Gasteiger partial charge on any atom is 0.337 e. The number of carbonyl (C=O) groups excluding carboxylic acids is 1. The van der Waals surface area contributed by atoms with Gasteiger partial charge >= 0.3 is 5.97 Å². The molecule has 152 valence electrons. The number of furan rings is 1. The van der Waals surface area contributed by atoms with Crippen LogP contribution in [0.5, 0.6) is 11.5 Å². The first kappa shape index (κ1) is 18.3. The van der Waals surface area contributed by atoms with Crippen LogP contribution in [0.4, 0.5) is 0 Å². The standard InChI is InChI=1S/C23H20N2O5/c1-27-20-6-3-5-16-18-13-17(19-7-4-12-29-19)24-25(18)22(30-21(16)20)14-8-10-15(11-9-14)23(26)28-2/h3-13,18,22,24H,1-2H3. The minimum atomic E-state index is -0.450. The van der Waals surface area contributed by atoms with Crippen molar-refractivity contribution < 1.29 is 23.4 Å². The summed E-state index contributed by atoms with van der Waals surface area (Å²) in [5.74, 6) is 1.73. The molecule has 5 rings (SSSR count). The van der Waals surface area contributed by atoms with Gasteiger partial charge in [-0.05, 0) is 36.4 Å². The van der Waals surface area contributed by atoms with Gasteiger partial charge in [0, 0.05) is 11.1 Å². The van der Waals surface area contributed by atoms with E-state index >= 15 is 0 Å². The highest BCUT2D eigenvalue weighted by atomic mass is 16.5. The highest BCUT2D eigenvalue weighted by molar-refractivity contribution is 5.89. The zero-order valence-electron chi connectivity index (χ0n) is 16.5. The van der Waals surface area contributed by atoms with Gasteiger partial charge in [0.2, 0.25) is 0 Å². The van der Waals surface area contributed by atoms with E-state index in [0.717, 1.165) is 22.6 Å². The van der Waals surface area contributed by atoms with Crippen LogP contribution in [0.3, 0.4) is 0 Å². The molecule has 1 N–H and O–H groups in total. The van der Waals surface area contributed by atoms with Gasteiger partial charge in [-0.3, -0.25) is 0 Å². The average molecular weight is 404 g/mol. The summed E-state index contributed by atoms with van der Waals surface area (Å²) < 4.78 is 22.3. The summed E-state index contributed by atoms with van der Waals surface area (Å²) in [5, 5.41) is 2.02. The highest BCUT2D eigenvalue weighted by Crippen LogP contribution is 2.49. The summed E-state index contributed by atoms with van der Waals surface area (Å²) >= 11 is 0. The largest absolute Gasteiger partial charge is 0.493 e. The lowest BCUT2D eigenvalue weighted by Crippen LogP contribution is -2.43. The van der Waals surface area contributed by atoms with E-state index in [1.165, 1.54) is 7.11 Å². The van der Waals surface area contributed by atoms with E-state index in [0.29, 0.717) is 17.1 Å². The lowest BCUT2D eigenvalue weighted by Gasteiger charge is -2.39. The number of para-hydroxylation sites is 1. The molecule has 2 aromatic carbocycles. The van der Waals surface area contributed by atoms with Crippen LogP contribution in [0.1, 0.15) is 39.5 Å². The number of nitrogens with zero attached hydrogens (tertiary/aromatic N) is 1. The van der Waals surface area contributed by atoms with Crippen molar-refractivity contribution in [1.82, 2.24) is 10.4 Å². The van der Waals surface area contributed by atoms with Crippen LogP contribution in [0.2, 0.25) is 0 Å². The summed E-state index contributed by atoms with van der Waals surface area (Å²) in [6, 6.07) is 16.7. The highest BCUT2D eigenvalue weighted by Gasteiger charge is 2.41. The first-order valence-corrected chi connectivity index (χ1v) is 9.52. The van der Waals surface area contributed by atoms with Gasteiger partial charge in [0.05, 0.1) is 37.8 Å². The van der Waals surface area contributed by atoms with Crippen LogP contribution >= 0.6 is 0 Å². The van der Waals surface area contributed by atoms with Crippen molar-refractivity contribution >= 4 is 11.7 Å². The lowest BCUT2D eigenvalue weighted by molar-refractivity contribution is -0.0344. The van der Waals surface area contributed by atoms with Gasteiger partial charge in [0.15, 0.2) is 23.5 Å². The van der Waals surface area contributed by atoms with Gasteiger partial charge in [-0.25, -0.2) is 4.79 Å². The molecule has 2 unspecified atom stereocenters. The number of fused-ring (bicyclic) bond motifs is 3. The predicted molar refractivity (Wildman–Crippen MR) is 109 cm³/mol. The lowest BCUT2D eigenvalue weighted by atomic mass is 10.0. The molecule has 0 fully saturated rings. The number of methoxy groups -OCH3 is 2. The molecule has 3 aromatic rings. The Labute approximate surface area is 173 Å². The topological polar surface area (TPSA) is 73.2 Å². The normalized spacial score (nSPS) is 19.7. The zero-order valence-corrected chi connectivity index (χ0v) is 16.5. The molecule has 30 heavy (non-hydrogen) atoms. The molecule has 0 amide bonds. The molecule has 7 nitrogen and oxygen atoms in total. The van der Waals surface area contributed by atoms with E-state index in [4.69, 9.17) is 18.6 Å². The number of ether oxygens (including phenoxy) is 3. The van der Waals surface area contributed by atoms with Crippen LogP contribution in [-0.2, 0) is 4.74 Å². The van der Waals surface area contributed by atoms with Crippen molar-refractivity contribution in [2.75, 3.05) is 14.2 Å². The smallest absolute Gasteiger partial charge is 0.337 e. The molecule has 2 aliphatic heterocycles. The minimum Gasteiger partial charge on any atom is -0.493 e. The van der Waals surface area contributed by atoms with Crippen molar-refractivity contribution in [1.29, 1.82) is 0 Å². The van der Waals surface area contributed by atoms with Gasteiger partial charge in [0.1, 0.15) is 0 Å². The molecule has 0 spiro atoms. The summed E-state index contributed by atoms with van der Waals surface area (Å²) in [7, 11) is 2.99. The van der Waals surface area contributed by atoms with Gasteiger partial charge in [0.25, 0.3) is 0 Å². The minimum absolute atomic E-state index is 0.0887. The number of esters is 1. The molecule has 0 saturated heterocycles. The Morgan fingerprint density at radius 2 is 1.90 bits per heavy atom. The Kier molecular flexibility index (Phi) is 4.44. The number of rotatable bonds is 4. The van der Waals surface area contributed by atoms with Gasteiger partial charge in [-0.15, -0.1) is 0 Å². The second kappa shape index (κ2) is 7.27. The second-order valence-corrected chi connectivity index (χ2v) is 6.98. The predicted octanol–water partition coefficient (Wildman–Crippen LogP) is 4.07. The van der Waals surface area contributed by atoms with Crippen molar-refractivity contribution in [2.45, 2.75) is 12.3 Å². The Morgan fingerprint density at radius 3 is 2.60 bits per heavy atom. The Bertz CT molecular complexity index is 1110. The first-order chi connectivity index (χ1) is 14.7. The van der Waals surface area contributed by atoms with Crippen molar-refractivity contribution in [3.8, 4) is 11.5 Å². The third kappa shape index (κ3) is 2.91. The van der Waals surface area contributed by atoms with Crippen LogP contribution < -0.4 is 14.9 Å². The summed E-state index contributed by atoms with van der Waals surface area (Å²) in [4.78, 5) is 11.8. The number of hydrogen-bond acceptors (Lipinski definition) is 7. The molecule has 0 aliphatic carbocycles. The third-order valence-corrected chi connectivity index (χ3v) is 5.31. The third-order valence-electron chi connectivity index (χ3n) is 5.31. The van der Waals surface area contributed by atoms with Crippen molar-refractivity contribution in [3.63, 3.8) is 0 Å². The number of hydrazine groups is 1. The van der Waals surface area contributed by atoms with E-state index < -0.39 is 6.23 Å². The molecule has 0 bridgehead atoms. The molecule has 2 atom stereocenters. The van der Waals surface area contributed by atoms with E-state index in [1.807, 2.05) is 47.5 Å². The molecular formula is C23H20N2O5. The Morgan fingerprint density at radius 1 is 1.07 bits per heavy atom. The van der Waals surface area contributed by atoms with Gasteiger partial charge in [-0.2, -0.15) is 5.01 Å². The molecule has 7 heteroatoms. The Hall–Kier alpha value is -3.71. The van der Waals surface area contributed by atoms with Crippen LogP contribution in [0.25, 0.3) is 5.70 Å². The van der Waals surface area contributed by atoms with E-state index in [2.05, 4.69) is 11.5 Å². The van der Waals surface area contributed by atoms with Crippen LogP contribution in [0, 0.1) is 0 Å². The monoisotopic (exact) mass is 404 g/mol. The summed E-state index contributed by atoms with van der Waals surface area (Å²) in [6.45, 7) is 0. The van der Waals surface area contributed by atoms with Gasteiger partial charge < -0.3 is 24.1 Å². The van der Waals surface area contributed by atoms with Crippen molar-refractivity contribution in [3.05, 3.63) is 89.4 Å². The molecule has 2 aliphatic rings. The number of carbonyl (C=O) groups is 1. The quantitative estimate of drug-likeness (QED) is 0.657. The maximum absolute atomic E-state index is 11.8. The van der Waals surface area contributed by atoms with E-state index in [-0.39, 0.29) is 12.0 Å². The molecular weight excluding hydrogens is 384 g/mol. The maximum atomic E-state index is 11.8. The number of benzene rings is 2.